The maximum Gasteiger partial charge on any atom is 0.323 e. The Morgan fingerprint density at radius 3 is 1.75 bits per heavy atom. The number of nitrogens with two attached hydrogens (primary N) is 1. The van der Waals surface area contributed by atoms with E-state index in [1.165, 1.54) is 6.92 Å². The summed E-state index contributed by atoms with van der Waals surface area (Å²) in [6.07, 6.45) is 0. The highest BCUT2D eigenvalue weighted by Crippen LogP contribution is 2.06. The van der Waals surface area contributed by atoms with Crippen molar-refractivity contribution in [1.82, 2.24) is 4.90 Å². The van der Waals surface area contributed by atoms with Crippen LogP contribution in [0.4, 0.5) is 0 Å². The molecule has 16 heavy (non-hydrogen) atoms. The third-order valence-electron chi connectivity index (χ3n) is 2.14. The lowest BCUT2D eigenvalue weighted by Gasteiger charge is -2.24. The van der Waals surface area contributed by atoms with E-state index in [1.54, 1.807) is 6.92 Å². The number of carboxylic acids is 2. The van der Waals surface area contributed by atoms with Gasteiger partial charge in [-0.2, -0.15) is 0 Å². The summed E-state index contributed by atoms with van der Waals surface area (Å²) in [5.74, 6) is -3.70. The minimum absolute atomic E-state index is 0.461. The lowest BCUT2D eigenvalue weighted by Crippen LogP contribution is -2.46. The Kier molecular flexibility index (Phi) is 5.44. The van der Waals surface area contributed by atoms with Crippen molar-refractivity contribution < 1.29 is 24.6 Å². The van der Waals surface area contributed by atoms with Gasteiger partial charge in [-0.25, -0.2) is 0 Å². The molecular formula is C9H16N2O5. The fourth-order valence-electron chi connectivity index (χ4n) is 1.05. The standard InChI is InChI=1S/C9H16N2O5/c1-5(6(2)10)9(16)11(3-7(12)13)4-8(14)15/h5-6H,3-4,10H2,1-2H3,(H,12,13)(H,14,15). The van der Waals surface area contributed by atoms with Crippen LogP contribution in [0.3, 0.4) is 0 Å². The third-order valence-corrected chi connectivity index (χ3v) is 2.14. The first-order valence-corrected chi connectivity index (χ1v) is 4.73. The Balaban J connectivity index is 4.67. The Bertz CT molecular complexity index is 274. The number of carboxylic acid groups (broad SMARTS) is 2. The summed E-state index contributed by atoms with van der Waals surface area (Å²) in [5.41, 5.74) is 5.49. The van der Waals surface area contributed by atoms with Gasteiger partial charge in [-0.05, 0) is 6.92 Å². The summed E-state index contributed by atoms with van der Waals surface area (Å²) in [7, 11) is 0. The highest BCUT2D eigenvalue weighted by atomic mass is 16.4. The summed E-state index contributed by atoms with van der Waals surface area (Å²) < 4.78 is 0. The second-order valence-corrected chi connectivity index (χ2v) is 3.63. The molecule has 7 heteroatoms. The van der Waals surface area contributed by atoms with Crippen LogP contribution >= 0.6 is 0 Å². The van der Waals surface area contributed by atoms with Crippen LogP contribution in [-0.4, -0.2) is 52.1 Å². The van der Waals surface area contributed by atoms with Gasteiger partial charge in [0.1, 0.15) is 13.1 Å². The maximum absolute atomic E-state index is 11.7. The van der Waals surface area contributed by atoms with Gasteiger partial charge in [-0.3, -0.25) is 14.4 Å². The summed E-state index contributed by atoms with van der Waals surface area (Å²) in [4.78, 5) is 33.4. The topological polar surface area (TPSA) is 121 Å². The van der Waals surface area contributed by atoms with Crippen molar-refractivity contribution >= 4 is 17.8 Å². The highest BCUT2D eigenvalue weighted by Gasteiger charge is 2.26. The monoisotopic (exact) mass is 232 g/mol. The zero-order chi connectivity index (χ0) is 12.9. The molecule has 0 spiro atoms. The van der Waals surface area contributed by atoms with E-state index in [-0.39, 0.29) is 0 Å². The second-order valence-electron chi connectivity index (χ2n) is 3.63. The molecule has 0 aromatic heterocycles. The van der Waals surface area contributed by atoms with Gasteiger partial charge < -0.3 is 20.8 Å². The number of hydrogen-bond donors (Lipinski definition) is 3. The summed E-state index contributed by atoms with van der Waals surface area (Å²) in [5, 5.41) is 17.1. The number of nitrogens with zero attached hydrogens (tertiary/aromatic N) is 1. The van der Waals surface area contributed by atoms with Crippen LogP contribution in [0.5, 0.6) is 0 Å². The molecule has 0 rings (SSSR count). The van der Waals surface area contributed by atoms with E-state index >= 15 is 0 Å². The SMILES string of the molecule is CC(N)C(C)C(=O)N(CC(=O)O)CC(=O)O. The van der Waals surface area contributed by atoms with E-state index in [0.29, 0.717) is 0 Å². The van der Waals surface area contributed by atoms with Gasteiger partial charge in [0.2, 0.25) is 5.91 Å². The molecule has 0 saturated carbocycles. The lowest BCUT2D eigenvalue weighted by atomic mass is 10.0. The van der Waals surface area contributed by atoms with Crippen LogP contribution in [-0.2, 0) is 14.4 Å². The highest BCUT2D eigenvalue weighted by molar-refractivity contribution is 5.86. The van der Waals surface area contributed by atoms with Crippen molar-refractivity contribution in [1.29, 1.82) is 0 Å². The molecule has 0 aliphatic rings. The molecule has 0 bridgehead atoms. The van der Waals surface area contributed by atoms with Crippen molar-refractivity contribution in [3.05, 3.63) is 0 Å². The van der Waals surface area contributed by atoms with Crippen LogP contribution in [0.2, 0.25) is 0 Å². The molecule has 2 unspecified atom stereocenters. The molecule has 92 valence electrons. The number of carbonyl (C=O) groups is 3. The van der Waals surface area contributed by atoms with Crippen LogP contribution in [0.15, 0.2) is 0 Å². The van der Waals surface area contributed by atoms with Crippen LogP contribution < -0.4 is 5.73 Å². The minimum Gasteiger partial charge on any atom is -0.480 e. The Morgan fingerprint density at radius 1 is 1.12 bits per heavy atom. The Hall–Kier alpha value is -1.63. The summed E-state index contributed by atoms with van der Waals surface area (Å²) >= 11 is 0. The van der Waals surface area contributed by atoms with Gasteiger partial charge in [0.25, 0.3) is 0 Å². The van der Waals surface area contributed by atoms with Crippen LogP contribution in [0.1, 0.15) is 13.8 Å². The predicted molar refractivity (Wildman–Crippen MR) is 54.7 cm³/mol. The summed E-state index contributed by atoms with van der Waals surface area (Å²) in [6.45, 7) is 1.86. The molecule has 0 radical (unpaired) electrons. The molecule has 7 nitrogen and oxygen atoms in total. The second kappa shape index (κ2) is 6.06. The minimum atomic E-state index is -1.26. The van der Waals surface area contributed by atoms with Gasteiger partial charge in [-0.1, -0.05) is 6.92 Å². The molecule has 0 fully saturated rings. The van der Waals surface area contributed by atoms with Crippen molar-refractivity contribution in [2.45, 2.75) is 19.9 Å². The average Bonchev–Trinajstić information content (AvgIpc) is 2.12. The van der Waals surface area contributed by atoms with Gasteiger partial charge in [-0.15, -0.1) is 0 Å². The Labute approximate surface area is 92.8 Å². The maximum atomic E-state index is 11.7. The molecule has 1 amide bonds. The molecule has 0 aliphatic heterocycles. The largest absolute Gasteiger partial charge is 0.480 e. The third kappa shape index (κ3) is 4.74. The molecule has 0 heterocycles. The molecule has 0 aromatic carbocycles. The summed E-state index contributed by atoms with van der Waals surface area (Å²) in [6, 6.07) is -0.461. The van der Waals surface area contributed by atoms with Crippen LogP contribution in [0.25, 0.3) is 0 Å². The number of hydrogen-bond acceptors (Lipinski definition) is 4. The van der Waals surface area contributed by atoms with Gasteiger partial charge in [0.05, 0.1) is 5.92 Å². The average molecular weight is 232 g/mol. The zero-order valence-corrected chi connectivity index (χ0v) is 9.21. The van der Waals surface area contributed by atoms with Crippen molar-refractivity contribution in [3.63, 3.8) is 0 Å². The zero-order valence-electron chi connectivity index (χ0n) is 9.21. The van der Waals surface area contributed by atoms with E-state index in [0.717, 1.165) is 4.90 Å². The van der Waals surface area contributed by atoms with E-state index in [1.807, 2.05) is 0 Å². The fourth-order valence-corrected chi connectivity index (χ4v) is 1.05. The van der Waals surface area contributed by atoms with Gasteiger partial charge in [0.15, 0.2) is 0 Å². The number of aliphatic carboxylic acids is 2. The first-order chi connectivity index (χ1) is 7.25. The molecule has 0 saturated heterocycles. The van der Waals surface area contributed by atoms with E-state index in [4.69, 9.17) is 15.9 Å². The van der Waals surface area contributed by atoms with Gasteiger partial charge >= 0.3 is 11.9 Å². The van der Waals surface area contributed by atoms with Crippen molar-refractivity contribution in [2.24, 2.45) is 11.7 Å². The number of carbonyl (C=O) groups excluding carboxylic acids is 1. The number of rotatable bonds is 6. The fraction of sp³-hybridized carbons (Fsp3) is 0.667. The Morgan fingerprint density at radius 2 is 1.50 bits per heavy atom. The molecule has 0 aliphatic carbocycles. The van der Waals surface area contributed by atoms with E-state index in [9.17, 15) is 14.4 Å². The van der Waals surface area contributed by atoms with E-state index < -0.39 is 42.9 Å². The molecule has 4 N–H and O–H groups in total. The number of amides is 1. The van der Waals surface area contributed by atoms with Crippen LogP contribution in [0, 0.1) is 5.92 Å². The lowest BCUT2D eigenvalue weighted by molar-refractivity contribution is -0.151. The molecular weight excluding hydrogens is 216 g/mol. The normalized spacial score (nSPS) is 13.9. The van der Waals surface area contributed by atoms with Crippen molar-refractivity contribution in [2.75, 3.05) is 13.1 Å². The van der Waals surface area contributed by atoms with Gasteiger partial charge in [0, 0.05) is 6.04 Å². The molecule has 0 aromatic rings. The van der Waals surface area contributed by atoms with Crippen molar-refractivity contribution in [3.8, 4) is 0 Å². The predicted octanol–water partition coefficient (Wildman–Crippen LogP) is -1.03. The molecule has 2 atom stereocenters. The van der Waals surface area contributed by atoms with E-state index in [2.05, 4.69) is 0 Å². The first-order valence-electron chi connectivity index (χ1n) is 4.73. The first kappa shape index (κ1) is 14.4. The quantitative estimate of drug-likeness (QED) is 0.538. The smallest absolute Gasteiger partial charge is 0.323 e.